The molecule has 8 heteroatoms. The highest BCUT2D eigenvalue weighted by atomic mass is 32.2. The maximum absolute atomic E-state index is 12.9. The van der Waals surface area contributed by atoms with Gasteiger partial charge in [0.1, 0.15) is 11.4 Å². The third-order valence-electron chi connectivity index (χ3n) is 5.67. The summed E-state index contributed by atoms with van der Waals surface area (Å²) in [6.07, 6.45) is 2.91. The molecule has 2 aliphatic heterocycles. The van der Waals surface area contributed by atoms with E-state index in [2.05, 4.69) is 5.32 Å². The molecule has 1 aromatic carbocycles. The lowest BCUT2D eigenvalue weighted by atomic mass is 10.1. The summed E-state index contributed by atoms with van der Waals surface area (Å²) >= 11 is 1.62. The number of nitrogens with one attached hydrogen (secondary N) is 2. The number of likely N-dealkylation sites (tertiary alicyclic amines) is 1. The number of quaternary nitrogens is 1. The van der Waals surface area contributed by atoms with Crippen molar-refractivity contribution in [3.63, 3.8) is 0 Å². The molecule has 2 aliphatic rings. The quantitative estimate of drug-likeness (QED) is 0.650. The zero-order chi connectivity index (χ0) is 20.8. The summed E-state index contributed by atoms with van der Waals surface area (Å²) in [6, 6.07) is 5.23. The van der Waals surface area contributed by atoms with E-state index in [-0.39, 0.29) is 17.2 Å². The topological polar surface area (TPSA) is 72.3 Å². The van der Waals surface area contributed by atoms with Crippen LogP contribution in [0.5, 0.6) is 11.5 Å². The number of carbonyl (C=O) groups is 2. The fourth-order valence-electron chi connectivity index (χ4n) is 4.06. The van der Waals surface area contributed by atoms with Crippen LogP contribution in [0.3, 0.4) is 0 Å². The fraction of sp³-hybridized carbons (Fsp3) is 0.619. The van der Waals surface area contributed by atoms with Crippen LogP contribution in [-0.2, 0) is 9.59 Å². The minimum Gasteiger partial charge on any atom is -0.493 e. The number of thioether (sulfide) groups is 1. The maximum Gasteiger partial charge on any atom is 0.243 e. The second-order valence-electron chi connectivity index (χ2n) is 7.47. The SMILES string of the molecule is CCC(=O)N1[C@H](C(=O)NCC[NH+]2CCCC2)CS[C@H]1c1ccc(OC)c(OC)c1. The summed E-state index contributed by atoms with van der Waals surface area (Å²) in [7, 11) is 3.19. The van der Waals surface area contributed by atoms with Crippen molar-refractivity contribution in [2.24, 2.45) is 0 Å². The summed E-state index contributed by atoms with van der Waals surface area (Å²) in [5.74, 6) is 1.79. The van der Waals surface area contributed by atoms with Crippen molar-refractivity contribution in [1.29, 1.82) is 0 Å². The highest BCUT2D eigenvalue weighted by Gasteiger charge is 2.41. The zero-order valence-electron chi connectivity index (χ0n) is 17.5. The van der Waals surface area contributed by atoms with Crippen molar-refractivity contribution in [3.05, 3.63) is 23.8 Å². The average molecular weight is 423 g/mol. The van der Waals surface area contributed by atoms with Gasteiger partial charge in [0.25, 0.3) is 0 Å². The highest BCUT2D eigenvalue weighted by molar-refractivity contribution is 7.99. The van der Waals surface area contributed by atoms with Crippen LogP contribution in [0.15, 0.2) is 18.2 Å². The molecule has 2 amide bonds. The highest BCUT2D eigenvalue weighted by Crippen LogP contribution is 2.44. The predicted molar refractivity (Wildman–Crippen MR) is 113 cm³/mol. The van der Waals surface area contributed by atoms with Gasteiger partial charge in [-0.15, -0.1) is 11.8 Å². The molecular formula is C21H32N3O4S+. The molecule has 0 radical (unpaired) electrons. The van der Waals surface area contributed by atoms with Gasteiger partial charge in [0.15, 0.2) is 11.5 Å². The molecule has 7 nitrogen and oxygen atoms in total. The maximum atomic E-state index is 12.9. The lowest BCUT2D eigenvalue weighted by Crippen LogP contribution is -3.10. The lowest BCUT2D eigenvalue weighted by molar-refractivity contribution is -0.886. The van der Waals surface area contributed by atoms with E-state index in [1.807, 2.05) is 25.1 Å². The number of benzene rings is 1. The normalized spacial score (nSPS) is 22.0. The smallest absolute Gasteiger partial charge is 0.243 e. The van der Waals surface area contributed by atoms with Gasteiger partial charge in [-0.1, -0.05) is 13.0 Å². The standard InChI is InChI=1S/C21H31N3O4S/c1-4-19(25)24-16(20(26)22-9-12-23-10-5-6-11-23)14-29-21(24)15-7-8-17(27-2)18(13-15)28-3/h7-8,13,16,21H,4-6,9-12,14H2,1-3H3,(H,22,26)/p+1/t16-,21-/m0/s1. The van der Waals surface area contributed by atoms with E-state index in [4.69, 9.17) is 9.47 Å². The van der Waals surface area contributed by atoms with E-state index in [0.29, 0.717) is 30.2 Å². The molecule has 0 spiro atoms. The van der Waals surface area contributed by atoms with E-state index < -0.39 is 6.04 Å². The molecular weight excluding hydrogens is 390 g/mol. The van der Waals surface area contributed by atoms with E-state index in [0.717, 1.165) is 12.1 Å². The van der Waals surface area contributed by atoms with Crippen LogP contribution in [0.25, 0.3) is 0 Å². The number of rotatable bonds is 8. The largest absolute Gasteiger partial charge is 0.493 e. The van der Waals surface area contributed by atoms with Gasteiger partial charge in [0.2, 0.25) is 11.8 Å². The van der Waals surface area contributed by atoms with Crippen LogP contribution in [0.4, 0.5) is 0 Å². The third-order valence-corrected chi connectivity index (χ3v) is 7.00. The Bertz CT molecular complexity index is 724. The number of amides is 2. The summed E-state index contributed by atoms with van der Waals surface area (Å²) in [6.45, 7) is 5.83. The van der Waals surface area contributed by atoms with Gasteiger partial charge >= 0.3 is 0 Å². The number of methoxy groups -OCH3 is 2. The first kappa shape index (κ1) is 21.8. The Labute approximate surface area is 177 Å². The van der Waals surface area contributed by atoms with Crippen molar-refractivity contribution >= 4 is 23.6 Å². The first-order chi connectivity index (χ1) is 14.1. The third kappa shape index (κ3) is 4.98. The molecule has 0 unspecified atom stereocenters. The summed E-state index contributed by atoms with van der Waals surface area (Å²) in [5.41, 5.74) is 0.936. The second-order valence-corrected chi connectivity index (χ2v) is 8.58. The molecule has 0 aromatic heterocycles. The van der Waals surface area contributed by atoms with Gasteiger partial charge in [0.05, 0.1) is 40.4 Å². The molecule has 2 atom stereocenters. The van der Waals surface area contributed by atoms with Gasteiger partial charge in [-0.05, 0) is 17.7 Å². The summed E-state index contributed by atoms with van der Waals surface area (Å²) in [5, 5.41) is 2.86. The Morgan fingerprint density at radius 3 is 2.59 bits per heavy atom. The number of hydrogen-bond acceptors (Lipinski definition) is 5. The van der Waals surface area contributed by atoms with Crippen LogP contribution in [0, 0.1) is 0 Å². The Balaban J connectivity index is 1.71. The molecule has 3 rings (SSSR count). The number of ether oxygens (including phenoxy) is 2. The van der Waals surface area contributed by atoms with Crippen molar-refractivity contribution < 1.29 is 24.0 Å². The van der Waals surface area contributed by atoms with Gasteiger partial charge in [-0.3, -0.25) is 9.59 Å². The molecule has 0 bridgehead atoms. The molecule has 2 saturated heterocycles. The molecule has 29 heavy (non-hydrogen) atoms. The molecule has 2 heterocycles. The van der Waals surface area contributed by atoms with Gasteiger partial charge < -0.3 is 24.6 Å². The van der Waals surface area contributed by atoms with E-state index in [9.17, 15) is 9.59 Å². The molecule has 0 aliphatic carbocycles. The summed E-state index contributed by atoms with van der Waals surface area (Å²) < 4.78 is 10.7. The van der Waals surface area contributed by atoms with E-state index in [1.165, 1.54) is 25.9 Å². The molecule has 1 aromatic rings. The van der Waals surface area contributed by atoms with E-state index >= 15 is 0 Å². The first-order valence-electron chi connectivity index (χ1n) is 10.3. The predicted octanol–water partition coefficient (Wildman–Crippen LogP) is 0.851. The molecule has 2 fully saturated rings. The molecule has 2 N–H and O–H groups in total. The lowest BCUT2D eigenvalue weighted by Gasteiger charge is -2.29. The number of hydrogen-bond donors (Lipinski definition) is 2. The van der Waals surface area contributed by atoms with Crippen molar-refractivity contribution in [2.75, 3.05) is 46.2 Å². The monoisotopic (exact) mass is 422 g/mol. The van der Waals surface area contributed by atoms with Gasteiger partial charge in [-0.25, -0.2) is 0 Å². The minimum absolute atomic E-state index is 0.0138. The van der Waals surface area contributed by atoms with Crippen LogP contribution in [0.2, 0.25) is 0 Å². The van der Waals surface area contributed by atoms with Crippen LogP contribution in [-0.4, -0.2) is 68.9 Å². The fourth-order valence-corrected chi connectivity index (χ4v) is 5.50. The average Bonchev–Trinajstić information content (AvgIpc) is 3.42. The molecule has 160 valence electrons. The Morgan fingerprint density at radius 1 is 1.21 bits per heavy atom. The second kappa shape index (κ2) is 10.2. The molecule has 0 saturated carbocycles. The number of nitrogens with zero attached hydrogens (tertiary/aromatic N) is 1. The van der Waals surface area contributed by atoms with Crippen molar-refractivity contribution in [3.8, 4) is 11.5 Å². The number of carbonyl (C=O) groups excluding carboxylic acids is 2. The Kier molecular flexibility index (Phi) is 7.66. The van der Waals surface area contributed by atoms with Crippen LogP contribution >= 0.6 is 11.8 Å². The Hall–Kier alpha value is -1.93. The first-order valence-corrected chi connectivity index (χ1v) is 11.4. The van der Waals surface area contributed by atoms with Crippen LogP contribution in [0.1, 0.15) is 37.1 Å². The Morgan fingerprint density at radius 2 is 1.93 bits per heavy atom. The minimum atomic E-state index is -0.445. The van der Waals surface area contributed by atoms with E-state index in [1.54, 1.807) is 35.8 Å². The van der Waals surface area contributed by atoms with Gasteiger partial charge in [-0.2, -0.15) is 0 Å². The zero-order valence-corrected chi connectivity index (χ0v) is 18.3. The van der Waals surface area contributed by atoms with Gasteiger partial charge in [0, 0.05) is 25.0 Å². The van der Waals surface area contributed by atoms with Crippen LogP contribution < -0.4 is 19.7 Å². The van der Waals surface area contributed by atoms with Crippen molar-refractivity contribution in [2.45, 2.75) is 37.6 Å². The van der Waals surface area contributed by atoms with Crippen molar-refractivity contribution in [1.82, 2.24) is 10.2 Å². The summed E-state index contributed by atoms with van der Waals surface area (Å²) in [4.78, 5) is 28.9.